The molecule has 1 saturated heterocycles. The number of carbonyl (C=O) groups excluding carboxylic acids is 2. The summed E-state index contributed by atoms with van der Waals surface area (Å²) < 4.78 is 32.6. The Morgan fingerprint density at radius 1 is 0.974 bits per heavy atom. The van der Waals surface area contributed by atoms with Crippen LogP contribution in [-0.4, -0.2) is 43.9 Å². The lowest BCUT2D eigenvalue weighted by Crippen LogP contribution is -2.41. The Labute approximate surface area is 228 Å². The van der Waals surface area contributed by atoms with Gasteiger partial charge in [-0.25, -0.2) is 9.18 Å². The number of halogens is 1. The Kier molecular flexibility index (Phi) is 7.18. The van der Waals surface area contributed by atoms with Crippen molar-refractivity contribution in [2.24, 2.45) is 0 Å². The number of nitrogens with one attached hydrogen (secondary N) is 1. The van der Waals surface area contributed by atoms with Gasteiger partial charge in [-0.05, 0) is 73.6 Å². The van der Waals surface area contributed by atoms with Gasteiger partial charge in [0.1, 0.15) is 18.7 Å². The Balaban J connectivity index is 1.33. The third-order valence-electron chi connectivity index (χ3n) is 7.83. The summed E-state index contributed by atoms with van der Waals surface area (Å²) in [6.07, 6.45) is 1.59. The predicted molar refractivity (Wildman–Crippen MR) is 149 cm³/mol. The van der Waals surface area contributed by atoms with Gasteiger partial charge in [0.15, 0.2) is 0 Å². The third kappa shape index (κ3) is 5.27. The molecule has 1 aliphatic heterocycles. The average Bonchev–Trinajstić information content (AvgIpc) is 3.35. The van der Waals surface area contributed by atoms with Gasteiger partial charge < -0.3 is 19.4 Å². The first-order valence-electron chi connectivity index (χ1n) is 13.0. The third-order valence-corrected chi connectivity index (χ3v) is 7.83. The molecule has 8 heteroatoms. The van der Waals surface area contributed by atoms with Gasteiger partial charge in [0.2, 0.25) is 0 Å². The molecule has 1 amide bonds. The number of ether oxygens (including phenoxy) is 1. The van der Waals surface area contributed by atoms with E-state index in [0.717, 1.165) is 22.3 Å². The van der Waals surface area contributed by atoms with Crippen LogP contribution in [0.25, 0.3) is 17.2 Å². The fraction of sp³-hybridized carbons (Fsp3) is 0.290. The van der Waals surface area contributed by atoms with E-state index in [1.165, 1.54) is 18.2 Å². The van der Waals surface area contributed by atoms with Crippen molar-refractivity contribution in [1.82, 2.24) is 5.32 Å². The predicted octanol–water partition coefficient (Wildman–Crippen LogP) is 6.19. The van der Waals surface area contributed by atoms with Crippen LogP contribution in [0.1, 0.15) is 60.7 Å². The van der Waals surface area contributed by atoms with E-state index in [-0.39, 0.29) is 24.6 Å². The molecular formula is C31H31BFNO5. The summed E-state index contributed by atoms with van der Waals surface area (Å²) in [6.45, 7) is 7.83. The van der Waals surface area contributed by atoms with E-state index in [0.29, 0.717) is 17.3 Å². The van der Waals surface area contributed by atoms with Gasteiger partial charge in [-0.3, -0.25) is 4.79 Å². The van der Waals surface area contributed by atoms with Crippen molar-refractivity contribution in [2.45, 2.75) is 44.8 Å². The molecule has 3 aromatic rings. The van der Waals surface area contributed by atoms with Gasteiger partial charge in [0.05, 0.1) is 11.2 Å². The zero-order valence-corrected chi connectivity index (χ0v) is 22.5. The maximum absolute atomic E-state index is 14.6. The highest BCUT2D eigenvalue weighted by Gasteiger charge is 2.52. The smallest absolute Gasteiger partial charge is 0.449 e. The molecule has 5 rings (SSSR count). The van der Waals surface area contributed by atoms with Crippen LogP contribution in [-0.2, 0) is 14.0 Å². The molecule has 2 aliphatic rings. The lowest BCUT2D eigenvalue weighted by Gasteiger charge is -2.32. The zero-order valence-electron chi connectivity index (χ0n) is 22.5. The first-order chi connectivity index (χ1) is 18.6. The zero-order chi connectivity index (χ0) is 27.8. The van der Waals surface area contributed by atoms with E-state index in [9.17, 15) is 14.0 Å². The van der Waals surface area contributed by atoms with Gasteiger partial charge in [0.25, 0.3) is 0 Å². The van der Waals surface area contributed by atoms with Crippen molar-refractivity contribution >= 4 is 25.6 Å². The van der Waals surface area contributed by atoms with Crippen LogP contribution < -0.4 is 5.32 Å². The molecule has 6 nitrogen and oxygen atoms in total. The molecule has 1 aliphatic carbocycles. The molecule has 0 bridgehead atoms. The summed E-state index contributed by atoms with van der Waals surface area (Å²) in [5.74, 6) is -0.572. The second-order valence-corrected chi connectivity index (χ2v) is 10.9. The minimum Gasteiger partial charge on any atom is -0.449 e. The summed E-state index contributed by atoms with van der Waals surface area (Å²) in [5.41, 5.74) is 4.28. The molecule has 39 heavy (non-hydrogen) atoms. The van der Waals surface area contributed by atoms with Gasteiger partial charge in [0, 0.05) is 23.6 Å². The number of carbonyl (C=O) groups is 2. The standard InChI is InChI=1S/C31H31BFNO5/c1-30(2)31(3,4)39-32(38-30)22(16-21-15-20(18-35)13-14-28(21)33)17-34-29(36)37-19-27-25-11-7-5-9-23(25)24-10-6-8-12-26(24)27/h5-16,18,27H,17,19H2,1-4H3,(H,34,36). The molecule has 200 valence electrons. The van der Waals surface area contributed by atoms with E-state index in [1.807, 2.05) is 52.0 Å². The Morgan fingerprint density at radius 3 is 2.15 bits per heavy atom. The molecule has 0 radical (unpaired) electrons. The Hall–Kier alpha value is -3.75. The summed E-state index contributed by atoms with van der Waals surface area (Å²) >= 11 is 0. The number of aldehydes is 1. The maximum Gasteiger partial charge on any atom is 0.492 e. The first-order valence-corrected chi connectivity index (χ1v) is 13.0. The molecule has 1 fully saturated rings. The monoisotopic (exact) mass is 527 g/mol. The molecule has 0 saturated carbocycles. The summed E-state index contributed by atoms with van der Waals surface area (Å²) in [4.78, 5) is 24.1. The minimum atomic E-state index is -0.830. The topological polar surface area (TPSA) is 73.9 Å². The van der Waals surface area contributed by atoms with E-state index in [1.54, 1.807) is 6.08 Å². The van der Waals surface area contributed by atoms with E-state index < -0.39 is 30.2 Å². The largest absolute Gasteiger partial charge is 0.492 e. The second-order valence-electron chi connectivity index (χ2n) is 10.9. The molecule has 3 aromatic carbocycles. The quantitative estimate of drug-likeness (QED) is 0.293. The van der Waals surface area contributed by atoms with Crippen molar-refractivity contribution in [3.63, 3.8) is 0 Å². The number of hydrogen-bond donors (Lipinski definition) is 1. The van der Waals surface area contributed by atoms with Crippen molar-refractivity contribution in [2.75, 3.05) is 13.2 Å². The maximum atomic E-state index is 14.6. The van der Waals surface area contributed by atoms with Crippen molar-refractivity contribution < 1.29 is 28.0 Å². The van der Waals surface area contributed by atoms with E-state index in [4.69, 9.17) is 14.0 Å². The molecular weight excluding hydrogens is 496 g/mol. The lowest BCUT2D eigenvalue weighted by molar-refractivity contribution is 0.00578. The molecule has 0 unspecified atom stereocenters. The second kappa shape index (κ2) is 10.4. The van der Waals surface area contributed by atoms with Crippen LogP contribution in [0.2, 0.25) is 0 Å². The van der Waals surface area contributed by atoms with Gasteiger partial charge in [-0.1, -0.05) is 54.6 Å². The van der Waals surface area contributed by atoms with Crippen LogP contribution in [0.4, 0.5) is 9.18 Å². The van der Waals surface area contributed by atoms with Crippen molar-refractivity contribution in [1.29, 1.82) is 0 Å². The molecule has 1 heterocycles. The number of alkyl carbamates (subject to hydrolysis) is 1. The molecule has 0 spiro atoms. The number of fused-ring (bicyclic) bond motifs is 3. The highest BCUT2D eigenvalue weighted by Crippen LogP contribution is 2.44. The van der Waals surface area contributed by atoms with Crippen LogP contribution in [0.5, 0.6) is 0 Å². The van der Waals surface area contributed by atoms with Crippen LogP contribution in [0, 0.1) is 5.82 Å². The van der Waals surface area contributed by atoms with Gasteiger partial charge in [-0.15, -0.1) is 0 Å². The van der Waals surface area contributed by atoms with Crippen LogP contribution >= 0.6 is 0 Å². The van der Waals surface area contributed by atoms with Gasteiger partial charge in [-0.2, -0.15) is 0 Å². The van der Waals surface area contributed by atoms with Crippen molar-refractivity contribution in [3.8, 4) is 11.1 Å². The molecule has 1 N–H and O–H groups in total. The fourth-order valence-electron chi connectivity index (χ4n) is 4.97. The fourth-order valence-corrected chi connectivity index (χ4v) is 4.97. The number of amides is 1. The van der Waals surface area contributed by atoms with Crippen LogP contribution in [0.3, 0.4) is 0 Å². The highest BCUT2D eigenvalue weighted by molar-refractivity contribution is 6.56. The van der Waals surface area contributed by atoms with Gasteiger partial charge >= 0.3 is 13.2 Å². The summed E-state index contributed by atoms with van der Waals surface area (Å²) in [7, 11) is -0.830. The normalized spacial score (nSPS) is 17.5. The minimum absolute atomic E-state index is 0.00173. The lowest BCUT2D eigenvalue weighted by atomic mass is 9.77. The van der Waals surface area contributed by atoms with Crippen molar-refractivity contribution in [3.05, 3.63) is 100 Å². The molecule has 0 aromatic heterocycles. The van der Waals surface area contributed by atoms with Crippen LogP contribution in [0.15, 0.2) is 72.2 Å². The number of hydrogen-bond acceptors (Lipinski definition) is 5. The summed E-state index contributed by atoms with van der Waals surface area (Å²) in [5, 5.41) is 2.77. The average molecular weight is 527 g/mol. The Bertz CT molecular complexity index is 1390. The van der Waals surface area contributed by atoms with E-state index in [2.05, 4.69) is 29.6 Å². The SMILES string of the molecule is CC1(C)OB(C(=Cc2cc(C=O)ccc2F)CNC(=O)OCC2c3ccccc3-c3ccccc32)OC1(C)C. The first kappa shape index (κ1) is 26.8. The molecule has 0 atom stereocenters. The number of rotatable bonds is 7. The summed E-state index contributed by atoms with van der Waals surface area (Å²) in [6, 6.07) is 20.3. The number of benzene rings is 3. The highest BCUT2D eigenvalue weighted by atomic mass is 19.1. The van der Waals surface area contributed by atoms with E-state index >= 15 is 0 Å². The Morgan fingerprint density at radius 2 is 1.56 bits per heavy atom.